The maximum Gasteiger partial charge on any atom is 0.123 e. The lowest BCUT2D eigenvalue weighted by molar-refractivity contribution is 0.466. The fourth-order valence-electron chi connectivity index (χ4n) is 1.64. The van der Waals surface area contributed by atoms with E-state index in [4.69, 9.17) is 11.1 Å². The molecule has 82 valence electrons. The minimum absolute atomic E-state index is 0.0254. The molecular weight excluding hydrogens is 188 g/mol. The quantitative estimate of drug-likeness (QED) is 0.393. The number of nitrogens with two attached hydrogens (primary N) is 1. The summed E-state index contributed by atoms with van der Waals surface area (Å²) in [5.74, 6) is 0.274. The Kier molecular flexibility index (Phi) is 4.16. The lowest BCUT2D eigenvalue weighted by Crippen LogP contribution is -2.13. The van der Waals surface area contributed by atoms with Crippen LogP contribution in [0.5, 0.6) is 5.75 Å². The Balaban J connectivity index is 2.87. The van der Waals surface area contributed by atoms with Crippen molar-refractivity contribution in [2.45, 2.75) is 32.6 Å². The molecule has 3 nitrogen and oxygen atoms in total. The maximum absolute atomic E-state index is 9.69. The maximum atomic E-state index is 9.69. The predicted octanol–water partition coefficient (Wildman–Crippen LogP) is 2.41. The number of phenolic OH excluding ortho intramolecular Hbond substituents is 1. The second-order valence-corrected chi connectivity index (χ2v) is 3.67. The number of aromatic hydroxyl groups is 1. The molecule has 0 atom stereocenters. The Morgan fingerprint density at radius 3 is 2.73 bits per heavy atom. The molecular formula is C12H18N2O. The molecule has 0 aliphatic heterocycles. The monoisotopic (exact) mass is 206 g/mol. The second kappa shape index (κ2) is 5.39. The number of nitrogens with one attached hydrogen (secondary N) is 1. The lowest BCUT2D eigenvalue weighted by Gasteiger charge is -2.09. The Labute approximate surface area is 90.4 Å². The zero-order chi connectivity index (χ0) is 11.3. The van der Waals surface area contributed by atoms with Crippen LogP contribution < -0.4 is 5.73 Å². The summed E-state index contributed by atoms with van der Waals surface area (Å²) in [5.41, 5.74) is 6.92. The summed E-state index contributed by atoms with van der Waals surface area (Å²) in [6.07, 6.45) is 4.08. The Bertz CT molecular complexity index is 347. The molecule has 1 aromatic rings. The van der Waals surface area contributed by atoms with Crippen LogP contribution in [0, 0.1) is 5.41 Å². The van der Waals surface area contributed by atoms with Crippen molar-refractivity contribution < 1.29 is 5.11 Å². The van der Waals surface area contributed by atoms with E-state index < -0.39 is 0 Å². The molecule has 0 aliphatic rings. The van der Waals surface area contributed by atoms with E-state index in [1.165, 1.54) is 0 Å². The number of hydrogen-bond acceptors (Lipinski definition) is 2. The molecule has 0 spiro atoms. The summed E-state index contributed by atoms with van der Waals surface area (Å²) in [7, 11) is 0. The van der Waals surface area contributed by atoms with Crippen LogP contribution in [0.2, 0.25) is 0 Å². The first kappa shape index (κ1) is 11.6. The van der Waals surface area contributed by atoms with Crippen molar-refractivity contribution >= 4 is 5.84 Å². The average Bonchev–Trinajstić information content (AvgIpc) is 2.20. The highest BCUT2D eigenvalue weighted by Gasteiger charge is 2.08. The Morgan fingerprint density at radius 2 is 2.13 bits per heavy atom. The highest BCUT2D eigenvalue weighted by molar-refractivity contribution is 5.97. The largest absolute Gasteiger partial charge is 0.508 e. The zero-order valence-electron chi connectivity index (χ0n) is 9.09. The van der Waals surface area contributed by atoms with Gasteiger partial charge in [0.25, 0.3) is 0 Å². The molecule has 0 amide bonds. The topological polar surface area (TPSA) is 70.1 Å². The Hall–Kier alpha value is -1.51. The molecule has 0 saturated carbocycles. The second-order valence-electron chi connectivity index (χ2n) is 3.67. The molecule has 4 N–H and O–H groups in total. The van der Waals surface area contributed by atoms with Gasteiger partial charge in [-0.1, -0.05) is 31.9 Å². The first-order valence-electron chi connectivity index (χ1n) is 5.32. The first-order chi connectivity index (χ1) is 7.16. The number of rotatable bonds is 5. The van der Waals surface area contributed by atoms with E-state index >= 15 is 0 Å². The molecule has 3 heteroatoms. The first-order valence-corrected chi connectivity index (χ1v) is 5.32. The van der Waals surface area contributed by atoms with Gasteiger partial charge in [0.1, 0.15) is 11.6 Å². The molecule has 0 unspecified atom stereocenters. The summed E-state index contributed by atoms with van der Waals surface area (Å²) < 4.78 is 0. The van der Waals surface area contributed by atoms with Crippen LogP contribution >= 0.6 is 0 Å². The van der Waals surface area contributed by atoms with Crippen LogP contribution in [0.4, 0.5) is 0 Å². The van der Waals surface area contributed by atoms with Crippen LogP contribution in [0.25, 0.3) is 0 Å². The van der Waals surface area contributed by atoms with Crippen molar-refractivity contribution in [1.82, 2.24) is 0 Å². The highest BCUT2D eigenvalue weighted by Crippen LogP contribution is 2.23. The van der Waals surface area contributed by atoms with Crippen LogP contribution in [0.1, 0.15) is 37.3 Å². The van der Waals surface area contributed by atoms with Crippen molar-refractivity contribution in [2.75, 3.05) is 0 Å². The minimum Gasteiger partial charge on any atom is -0.508 e. The van der Waals surface area contributed by atoms with Crippen molar-refractivity contribution in [1.29, 1.82) is 5.41 Å². The number of benzene rings is 1. The van der Waals surface area contributed by atoms with E-state index in [0.29, 0.717) is 5.56 Å². The molecule has 0 fully saturated rings. The zero-order valence-corrected chi connectivity index (χ0v) is 9.09. The normalized spacial score (nSPS) is 10.2. The van der Waals surface area contributed by atoms with Gasteiger partial charge in [-0.3, -0.25) is 5.41 Å². The van der Waals surface area contributed by atoms with Crippen LogP contribution in [0.3, 0.4) is 0 Å². The standard InChI is InChI=1S/C12H18N2O/c1-2-3-4-6-9-10(12(13)14)7-5-8-11(9)15/h5,7-8,15H,2-4,6H2,1H3,(H3,13,14). The molecule has 0 heterocycles. The highest BCUT2D eigenvalue weighted by atomic mass is 16.3. The van der Waals surface area contributed by atoms with Gasteiger partial charge in [-0.25, -0.2) is 0 Å². The third kappa shape index (κ3) is 2.98. The minimum atomic E-state index is 0.0254. The number of phenols is 1. The van der Waals surface area contributed by atoms with E-state index in [1.807, 2.05) is 0 Å². The smallest absolute Gasteiger partial charge is 0.123 e. The summed E-state index contributed by atoms with van der Waals surface area (Å²) in [5, 5.41) is 17.1. The van der Waals surface area contributed by atoms with Gasteiger partial charge in [0.05, 0.1) is 0 Å². The number of unbranched alkanes of at least 4 members (excludes halogenated alkanes) is 2. The number of amidine groups is 1. The molecule has 1 aromatic carbocycles. The molecule has 15 heavy (non-hydrogen) atoms. The third-order valence-electron chi connectivity index (χ3n) is 2.47. The van der Waals surface area contributed by atoms with Crippen molar-refractivity contribution in [3.05, 3.63) is 29.3 Å². The molecule has 0 aromatic heterocycles. The fourth-order valence-corrected chi connectivity index (χ4v) is 1.64. The van der Waals surface area contributed by atoms with Crippen LogP contribution in [0.15, 0.2) is 18.2 Å². The molecule has 0 saturated heterocycles. The fraction of sp³-hybridized carbons (Fsp3) is 0.417. The van der Waals surface area contributed by atoms with Gasteiger partial charge in [0, 0.05) is 11.1 Å². The van der Waals surface area contributed by atoms with E-state index in [1.54, 1.807) is 18.2 Å². The lowest BCUT2D eigenvalue weighted by atomic mass is 9.99. The molecule has 0 radical (unpaired) electrons. The summed E-state index contributed by atoms with van der Waals surface area (Å²) >= 11 is 0. The van der Waals surface area contributed by atoms with E-state index in [-0.39, 0.29) is 11.6 Å². The summed E-state index contributed by atoms with van der Waals surface area (Å²) in [6.45, 7) is 2.14. The van der Waals surface area contributed by atoms with Gasteiger partial charge in [0.2, 0.25) is 0 Å². The summed E-state index contributed by atoms with van der Waals surface area (Å²) in [4.78, 5) is 0. The van der Waals surface area contributed by atoms with Gasteiger partial charge < -0.3 is 10.8 Å². The number of hydrogen-bond donors (Lipinski definition) is 3. The van der Waals surface area contributed by atoms with Crippen molar-refractivity contribution in [3.8, 4) is 5.75 Å². The van der Waals surface area contributed by atoms with Gasteiger partial charge in [0.15, 0.2) is 0 Å². The third-order valence-corrected chi connectivity index (χ3v) is 2.47. The number of nitrogen functional groups attached to an aromatic ring is 1. The van der Waals surface area contributed by atoms with E-state index in [2.05, 4.69) is 6.92 Å². The van der Waals surface area contributed by atoms with Crippen molar-refractivity contribution in [2.24, 2.45) is 5.73 Å². The average molecular weight is 206 g/mol. The SMILES string of the molecule is CCCCCc1c(O)cccc1C(=N)N. The van der Waals surface area contributed by atoms with Gasteiger partial charge in [-0.2, -0.15) is 0 Å². The van der Waals surface area contributed by atoms with E-state index in [0.717, 1.165) is 31.2 Å². The summed E-state index contributed by atoms with van der Waals surface area (Å²) in [6, 6.07) is 5.15. The van der Waals surface area contributed by atoms with Crippen LogP contribution in [-0.4, -0.2) is 10.9 Å². The predicted molar refractivity (Wildman–Crippen MR) is 62.4 cm³/mol. The van der Waals surface area contributed by atoms with Crippen LogP contribution in [-0.2, 0) is 6.42 Å². The van der Waals surface area contributed by atoms with Gasteiger partial charge >= 0.3 is 0 Å². The van der Waals surface area contributed by atoms with Crippen molar-refractivity contribution in [3.63, 3.8) is 0 Å². The Morgan fingerprint density at radius 1 is 1.40 bits per heavy atom. The van der Waals surface area contributed by atoms with E-state index in [9.17, 15) is 5.11 Å². The molecule has 0 aliphatic carbocycles. The molecule has 1 rings (SSSR count). The van der Waals surface area contributed by atoms with Gasteiger partial charge in [-0.15, -0.1) is 0 Å². The van der Waals surface area contributed by atoms with Gasteiger partial charge in [-0.05, 0) is 18.9 Å². The molecule has 0 bridgehead atoms.